The number of hydrogen-bond donors (Lipinski definition) is 0. The van der Waals surface area contributed by atoms with Crippen molar-refractivity contribution >= 4 is 20.0 Å². The molecule has 0 aromatic carbocycles. The molecule has 0 rings (SSSR count). The summed E-state index contributed by atoms with van der Waals surface area (Å²) in [6.45, 7) is 0. The second-order valence-electron chi connectivity index (χ2n) is 5.35. The fourth-order valence-electron chi connectivity index (χ4n) is 1.27. The van der Waals surface area contributed by atoms with Gasteiger partial charge < -0.3 is 0 Å². The van der Waals surface area contributed by atoms with Crippen LogP contribution in [0.25, 0.3) is 0 Å². The average molecular weight is 619 g/mol. The van der Waals surface area contributed by atoms with E-state index in [4.69, 9.17) is 0 Å². The van der Waals surface area contributed by atoms with Crippen molar-refractivity contribution in [3.05, 3.63) is 0 Å². The molecule has 34 heavy (non-hydrogen) atoms. The van der Waals surface area contributed by atoms with Gasteiger partial charge in [-0.05, 0) is 0 Å². The first-order valence-corrected chi connectivity index (χ1v) is 9.22. The van der Waals surface area contributed by atoms with Crippen LogP contribution < -0.4 is 55.5 Å². The van der Waals surface area contributed by atoms with E-state index in [1.165, 1.54) is 0 Å². The van der Waals surface area contributed by atoms with Gasteiger partial charge in [0.2, 0.25) is 0 Å². The normalized spacial score (nSPS) is 16.3. The molecule has 0 spiro atoms. The van der Waals surface area contributed by atoms with E-state index in [2.05, 4.69) is 0 Å². The van der Waals surface area contributed by atoms with Crippen molar-refractivity contribution < 1.29 is 147 Å². The summed E-state index contributed by atoms with van der Waals surface area (Å²) in [5.41, 5.74) is 0. The molecule has 0 bridgehead atoms. The van der Waals surface area contributed by atoms with Gasteiger partial charge in [0.05, 0.1) is 0 Å². The van der Waals surface area contributed by atoms with Crippen LogP contribution in [0.4, 0.5) is 79.0 Å². The Morgan fingerprint density at radius 1 is 0.382 bits per heavy atom. The Morgan fingerprint density at radius 2 is 0.559 bits per heavy atom. The zero-order chi connectivity index (χ0) is 27.7. The first-order valence-electron chi connectivity index (χ1n) is 6.34. The zero-order valence-corrected chi connectivity index (χ0v) is 19.5. The summed E-state index contributed by atoms with van der Waals surface area (Å²) in [7, 11) is -17.6. The largest absolute Gasteiger partial charge is 1.00 e. The van der Waals surface area contributed by atoms with Gasteiger partial charge in [-0.3, -0.25) is 0 Å². The van der Waals surface area contributed by atoms with E-state index >= 15 is 0 Å². The van der Waals surface area contributed by atoms with Gasteiger partial charge in [-0.2, -0.15) is 79.0 Å². The first kappa shape index (κ1) is 36.4. The van der Waals surface area contributed by atoms with Crippen molar-refractivity contribution in [2.75, 3.05) is 0 Å². The molecule has 0 amide bonds. The maximum absolute atomic E-state index is 13.2. The van der Waals surface area contributed by atoms with Gasteiger partial charge in [0.15, 0.2) is 0 Å². The number of hydrogen-bond acceptors (Lipinski definition) is 4. The molecule has 0 aliphatic carbocycles. The van der Waals surface area contributed by atoms with Gasteiger partial charge in [0.25, 0.3) is 0 Å². The Hall–Kier alpha value is 0.236. The Morgan fingerprint density at radius 3 is 0.706 bits per heavy atom. The van der Waals surface area contributed by atoms with Crippen LogP contribution in [0.3, 0.4) is 0 Å². The molecule has 0 aromatic rings. The third-order valence-corrected chi connectivity index (χ3v) is 6.45. The van der Waals surface area contributed by atoms with Gasteiger partial charge in [-0.1, -0.05) is 0 Å². The minimum absolute atomic E-state index is 0. The summed E-state index contributed by atoms with van der Waals surface area (Å²) in [5, 5.41) is -16.4. The molecule has 0 fully saturated rings. The molecular weight excluding hydrogens is 619 g/mol. The summed E-state index contributed by atoms with van der Waals surface area (Å²) < 4.78 is 269. The quantitative estimate of drug-likeness (QED) is 0.302. The minimum atomic E-state index is -8.81. The van der Waals surface area contributed by atoms with Gasteiger partial charge in [-0.15, -0.1) is 0 Å². The summed E-state index contributed by atoms with van der Waals surface area (Å²) in [6, 6.07) is 0. The molecule has 1 radical (unpaired) electrons. The maximum Gasteiger partial charge on any atom is 1.00 e. The maximum atomic E-state index is 13.2. The predicted molar refractivity (Wildman–Crippen MR) is 61.8 cm³/mol. The van der Waals surface area contributed by atoms with Gasteiger partial charge in [-0.25, -0.2) is 16.8 Å². The number of sulfonamides is 2. The van der Waals surface area contributed by atoms with Crippen LogP contribution in [0.15, 0.2) is 0 Å². The second-order valence-corrected chi connectivity index (χ2v) is 8.87. The number of halogens is 18. The molecule has 0 saturated heterocycles. The monoisotopic (exact) mass is 619 g/mol. The Labute approximate surface area is 216 Å². The molecule has 0 heterocycles. The van der Waals surface area contributed by atoms with Crippen molar-refractivity contribution in [1.29, 1.82) is 0 Å². The van der Waals surface area contributed by atoms with Crippen molar-refractivity contribution in [3.8, 4) is 0 Å². The van der Waals surface area contributed by atoms with E-state index in [1.807, 2.05) is 0 Å². The molecule has 0 unspecified atom stereocenters. The van der Waals surface area contributed by atoms with Crippen molar-refractivity contribution in [3.63, 3.8) is 0 Å². The van der Waals surface area contributed by atoms with E-state index in [0.29, 0.717) is 0 Å². The van der Waals surface area contributed by atoms with Crippen molar-refractivity contribution in [2.45, 2.75) is 46.6 Å². The fraction of sp³-hybridized carbons (Fsp3) is 1.00. The summed E-state index contributed by atoms with van der Waals surface area (Å²) in [4.78, 5) is 0. The van der Waals surface area contributed by atoms with Crippen LogP contribution in [0.1, 0.15) is 0 Å². The number of rotatable bonds is 8. The average Bonchev–Trinajstić information content (AvgIpc) is 2.50. The SMILES string of the molecule is O=S(=O)([N]S(=O)(=O)C(F)(F)C(F)(F)C(F)(F)C(F)(F)F)C(F)(F)C(F)(F)C(F)(F)C(F)(F)F.[K+]. The van der Waals surface area contributed by atoms with E-state index in [-0.39, 0.29) is 55.5 Å². The number of nitrogens with zero attached hydrogens (tertiary/aromatic N) is 1. The smallest absolute Gasteiger partial charge is 0.203 e. The van der Waals surface area contributed by atoms with Gasteiger partial charge in [0, 0.05) is 4.13 Å². The molecule has 0 N–H and O–H groups in total. The van der Waals surface area contributed by atoms with Crippen LogP contribution in [0.5, 0.6) is 0 Å². The molecule has 5 nitrogen and oxygen atoms in total. The van der Waals surface area contributed by atoms with E-state index in [0.717, 1.165) is 0 Å². The standard InChI is InChI=1S/C8F18NO4S2.K/c9-1(10,5(17,18)19)3(13,14)7(23,24)32(28,29)27-33(30,31)8(25,26)4(15,16)2(11,12)6(20,21)22;/q;+1. The zero-order valence-electron chi connectivity index (χ0n) is 14.7. The summed E-state index contributed by atoms with van der Waals surface area (Å²) in [6.07, 6.45) is -15.6. The third-order valence-electron chi connectivity index (χ3n) is 3.08. The topological polar surface area (TPSA) is 82.4 Å². The van der Waals surface area contributed by atoms with Crippen LogP contribution in [-0.2, 0) is 20.0 Å². The summed E-state index contributed by atoms with van der Waals surface area (Å²) in [5.74, 6) is -33.0. The Kier molecular flexibility index (Phi) is 9.86. The van der Waals surface area contributed by atoms with Crippen LogP contribution in [0.2, 0.25) is 0 Å². The van der Waals surface area contributed by atoms with E-state index in [9.17, 15) is 95.9 Å². The molecule has 0 aromatic heterocycles. The summed E-state index contributed by atoms with van der Waals surface area (Å²) >= 11 is 0. The van der Waals surface area contributed by atoms with Crippen molar-refractivity contribution in [1.82, 2.24) is 4.13 Å². The van der Waals surface area contributed by atoms with E-state index in [1.54, 1.807) is 0 Å². The van der Waals surface area contributed by atoms with Crippen molar-refractivity contribution in [2.24, 2.45) is 0 Å². The molecule has 26 heteroatoms. The van der Waals surface area contributed by atoms with Crippen LogP contribution in [-0.4, -0.2) is 63.4 Å². The Bertz CT molecular complexity index is 887. The van der Waals surface area contributed by atoms with E-state index < -0.39 is 66.6 Å². The molecule has 0 aliphatic rings. The minimum Gasteiger partial charge on any atom is -0.203 e. The first-order chi connectivity index (χ1) is 13.7. The van der Waals surface area contributed by atoms with Gasteiger partial charge in [0.1, 0.15) is 0 Å². The Balaban J connectivity index is 0. The third kappa shape index (κ3) is 5.14. The molecule has 0 saturated carbocycles. The van der Waals surface area contributed by atoms with Gasteiger partial charge >= 0.3 is 118 Å². The molecular formula is C8F18KNO4S2+. The van der Waals surface area contributed by atoms with Crippen LogP contribution in [0, 0.1) is 0 Å². The fourth-order valence-corrected chi connectivity index (χ4v) is 3.95. The predicted octanol–water partition coefficient (Wildman–Crippen LogP) is 1.11. The number of alkyl halides is 18. The second kappa shape index (κ2) is 9.21. The van der Waals surface area contributed by atoms with Crippen LogP contribution >= 0.6 is 0 Å². The molecule has 199 valence electrons. The molecule has 0 atom stereocenters. The molecule has 0 aliphatic heterocycles.